The first-order chi connectivity index (χ1) is 16.9. The third kappa shape index (κ3) is 4.96. The van der Waals surface area contributed by atoms with Gasteiger partial charge >= 0.3 is 0 Å². The summed E-state index contributed by atoms with van der Waals surface area (Å²) in [5, 5.41) is 16.0. The number of fused-ring (bicyclic) bond motifs is 2. The van der Waals surface area contributed by atoms with Gasteiger partial charge in [-0.3, -0.25) is 9.59 Å². The molecule has 0 aromatic heterocycles. The Morgan fingerprint density at radius 2 is 1.80 bits per heavy atom. The van der Waals surface area contributed by atoms with Gasteiger partial charge in [-0.1, -0.05) is 29.8 Å². The molecule has 9 heteroatoms. The van der Waals surface area contributed by atoms with E-state index in [0.717, 1.165) is 30.3 Å². The molecule has 2 N–H and O–H groups in total. The highest BCUT2D eigenvalue weighted by molar-refractivity contribution is 6.43. The highest BCUT2D eigenvalue weighted by atomic mass is 35.5. The highest BCUT2D eigenvalue weighted by Crippen LogP contribution is 2.36. The van der Waals surface area contributed by atoms with E-state index in [1.54, 1.807) is 36.4 Å². The largest absolute Gasteiger partial charge is 0.486 e. The molecule has 2 aliphatic heterocycles. The van der Waals surface area contributed by atoms with Gasteiger partial charge in [-0.05, 0) is 66.2 Å². The maximum Gasteiger partial charge on any atom is 0.292 e. The minimum absolute atomic E-state index is 0.00305. The van der Waals surface area contributed by atoms with E-state index >= 15 is 0 Å². The zero-order valence-corrected chi connectivity index (χ0v) is 19.6. The van der Waals surface area contributed by atoms with Crippen LogP contribution in [0.5, 0.6) is 11.5 Å². The van der Waals surface area contributed by atoms with Crippen LogP contribution in [0.3, 0.4) is 0 Å². The van der Waals surface area contributed by atoms with Crippen LogP contribution < -0.4 is 14.8 Å². The molecule has 1 amide bonds. The summed E-state index contributed by atoms with van der Waals surface area (Å²) < 4.78 is 25.4. The molecule has 0 spiro atoms. The quantitative estimate of drug-likeness (QED) is 0.383. The first kappa shape index (κ1) is 23.5. The van der Waals surface area contributed by atoms with Gasteiger partial charge in [0.2, 0.25) is 5.78 Å². The number of hydrogen-bond donors (Lipinski definition) is 2. The Morgan fingerprint density at radius 1 is 1.06 bits per heavy atom. The fourth-order valence-corrected chi connectivity index (χ4v) is 4.50. The van der Waals surface area contributed by atoms with Crippen molar-refractivity contribution in [1.82, 2.24) is 10.2 Å². The zero-order chi connectivity index (χ0) is 24.5. The first-order valence-electron chi connectivity index (χ1n) is 11.4. The number of likely N-dealkylation sites (tertiary alicyclic amines) is 1. The number of Topliss-reactive ketones (excluding diaryl/α,β-unsaturated/α-hetero) is 1. The molecule has 0 radical (unpaired) electrons. The Kier molecular flexibility index (Phi) is 6.60. The molecule has 0 unspecified atom stereocenters. The van der Waals surface area contributed by atoms with E-state index in [4.69, 9.17) is 21.1 Å². The lowest BCUT2D eigenvalue weighted by atomic mass is 9.98. The molecule has 0 saturated carbocycles. The zero-order valence-electron chi connectivity index (χ0n) is 18.8. The van der Waals surface area contributed by atoms with Crippen LogP contribution in [0.15, 0.2) is 48.5 Å². The van der Waals surface area contributed by atoms with Crippen LogP contribution in [0.2, 0.25) is 5.02 Å². The van der Waals surface area contributed by atoms with Gasteiger partial charge in [0.05, 0.1) is 6.04 Å². The van der Waals surface area contributed by atoms with Gasteiger partial charge in [0, 0.05) is 17.1 Å². The number of benzene rings is 3. The number of ether oxygens (including phenoxy) is 2. The molecular formula is C26H24ClFN2O5. The fourth-order valence-electron chi connectivity index (χ4n) is 4.32. The van der Waals surface area contributed by atoms with Crippen LogP contribution in [-0.2, 0) is 4.79 Å². The van der Waals surface area contributed by atoms with Gasteiger partial charge in [-0.15, -0.1) is 0 Å². The molecule has 1 fully saturated rings. The molecule has 0 aliphatic carbocycles. The van der Waals surface area contributed by atoms with Gasteiger partial charge < -0.3 is 24.8 Å². The topological polar surface area (TPSA) is 88.1 Å². The lowest BCUT2D eigenvalue weighted by Crippen LogP contribution is -2.52. The third-order valence-electron chi connectivity index (χ3n) is 6.33. The normalized spacial score (nSPS) is 16.9. The van der Waals surface area contributed by atoms with Gasteiger partial charge in [-0.25, -0.2) is 4.39 Å². The van der Waals surface area contributed by atoms with Crippen molar-refractivity contribution in [3.05, 3.63) is 70.5 Å². The van der Waals surface area contributed by atoms with Crippen molar-refractivity contribution < 1.29 is 28.6 Å². The average molecular weight is 499 g/mol. The molecule has 0 bridgehead atoms. The van der Waals surface area contributed by atoms with Crippen molar-refractivity contribution in [3.63, 3.8) is 0 Å². The fraction of sp³-hybridized carbons (Fsp3) is 0.308. The number of ketones is 1. The standard InChI is InChI=1S/C26H24ClFN2O5/c27-19-5-4-15-10-17(3-2-16(15)11-19)24(32)26(33)29-21(14-30-6-1-7-30)23(31)18-12-20(28)25-22(13-18)34-8-9-35-25/h2-5,10-13,21,23,31H,1,6-9,14H2,(H,29,33)/t21-,23-/m1/s1. The number of nitrogens with one attached hydrogen (secondary N) is 1. The van der Waals surface area contributed by atoms with Crippen LogP contribution in [-0.4, -0.2) is 60.6 Å². The van der Waals surface area contributed by atoms with Crippen LogP contribution >= 0.6 is 11.6 Å². The Balaban J connectivity index is 1.37. The number of aliphatic hydroxyl groups is 1. The van der Waals surface area contributed by atoms with Crippen LogP contribution in [0.25, 0.3) is 10.8 Å². The van der Waals surface area contributed by atoms with Gasteiger partial charge in [0.25, 0.3) is 5.91 Å². The number of halogens is 2. The Morgan fingerprint density at radius 3 is 2.57 bits per heavy atom. The lowest BCUT2D eigenvalue weighted by Gasteiger charge is -2.36. The molecule has 5 rings (SSSR count). The van der Waals surface area contributed by atoms with Crippen molar-refractivity contribution in [1.29, 1.82) is 0 Å². The summed E-state index contributed by atoms with van der Waals surface area (Å²) >= 11 is 6.02. The van der Waals surface area contributed by atoms with Crippen LogP contribution in [0, 0.1) is 5.82 Å². The van der Waals surface area contributed by atoms with Crippen molar-refractivity contribution in [3.8, 4) is 11.5 Å². The van der Waals surface area contributed by atoms with E-state index in [1.165, 1.54) is 12.1 Å². The van der Waals surface area contributed by atoms with Crippen molar-refractivity contribution in [2.24, 2.45) is 0 Å². The molecule has 2 heterocycles. The maximum atomic E-state index is 14.6. The summed E-state index contributed by atoms with van der Waals surface area (Å²) in [6.45, 7) is 2.45. The van der Waals surface area contributed by atoms with E-state index in [1.807, 2.05) is 4.90 Å². The summed E-state index contributed by atoms with van der Waals surface area (Å²) in [5.74, 6) is -2.02. The number of rotatable bonds is 7. The highest BCUT2D eigenvalue weighted by Gasteiger charge is 2.31. The van der Waals surface area contributed by atoms with Gasteiger partial charge in [0.1, 0.15) is 19.3 Å². The third-order valence-corrected chi connectivity index (χ3v) is 6.57. The predicted octanol–water partition coefficient (Wildman–Crippen LogP) is 3.51. The lowest BCUT2D eigenvalue weighted by molar-refractivity contribution is -0.118. The SMILES string of the molecule is O=C(N[C@H](CN1CCC1)[C@H](O)c1cc(F)c2c(c1)OCCO2)C(=O)c1ccc2cc(Cl)ccc2c1. The Bertz CT molecular complexity index is 1300. The van der Waals surface area contributed by atoms with Crippen LogP contribution in [0.4, 0.5) is 4.39 Å². The van der Waals surface area contributed by atoms with E-state index in [2.05, 4.69) is 5.32 Å². The summed E-state index contributed by atoms with van der Waals surface area (Å²) in [6, 6.07) is 12.0. The summed E-state index contributed by atoms with van der Waals surface area (Å²) in [6.07, 6.45) is -0.258. The summed E-state index contributed by atoms with van der Waals surface area (Å²) in [4.78, 5) is 27.9. The molecule has 35 heavy (non-hydrogen) atoms. The second-order valence-electron chi connectivity index (χ2n) is 8.74. The molecule has 182 valence electrons. The minimum Gasteiger partial charge on any atom is -0.486 e. The maximum absolute atomic E-state index is 14.6. The van der Waals surface area contributed by atoms with Gasteiger partial charge in [-0.2, -0.15) is 0 Å². The molecule has 7 nitrogen and oxygen atoms in total. The molecule has 3 aromatic rings. The second kappa shape index (κ2) is 9.81. The second-order valence-corrected chi connectivity index (χ2v) is 9.18. The van der Waals surface area contributed by atoms with Crippen molar-refractivity contribution in [2.75, 3.05) is 32.8 Å². The first-order valence-corrected chi connectivity index (χ1v) is 11.8. The number of hydrogen-bond acceptors (Lipinski definition) is 6. The summed E-state index contributed by atoms with van der Waals surface area (Å²) in [5.41, 5.74) is 0.451. The average Bonchev–Trinajstić information content (AvgIpc) is 2.84. The van der Waals surface area contributed by atoms with E-state index in [9.17, 15) is 19.1 Å². The van der Waals surface area contributed by atoms with Crippen molar-refractivity contribution >= 4 is 34.1 Å². The number of amides is 1. The molecule has 3 aromatic carbocycles. The van der Waals surface area contributed by atoms with Gasteiger partial charge in [0.15, 0.2) is 17.3 Å². The van der Waals surface area contributed by atoms with E-state index in [0.29, 0.717) is 11.6 Å². The predicted molar refractivity (Wildman–Crippen MR) is 129 cm³/mol. The van der Waals surface area contributed by atoms with E-state index < -0.39 is 29.7 Å². The van der Waals surface area contributed by atoms with E-state index in [-0.39, 0.29) is 35.8 Å². The minimum atomic E-state index is -1.27. The Hall–Kier alpha value is -3.20. The van der Waals surface area contributed by atoms with Crippen molar-refractivity contribution in [2.45, 2.75) is 18.6 Å². The molecular weight excluding hydrogens is 475 g/mol. The number of carbonyl (C=O) groups excluding carboxylic acids is 2. The smallest absolute Gasteiger partial charge is 0.292 e. The molecule has 1 saturated heterocycles. The van der Waals surface area contributed by atoms with Crippen LogP contribution in [0.1, 0.15) is 28.4 Å². The summed E-state index contributed by atoms with van der Waals surface area (Å²) in [7, 11) is 0. The molecule has 2 atom stereocenters. The molecule has 2 aliphatic rings. The number of nitrogens with zero attached hydrogens (tertiary/aromatic N) is 1. The monoisotopic (exact) mass is 498 g/mol. The number of aliphatic hydroxyl groups excluding tert-OH is 1. The Labute approximate surface area is 206 Å². The number of carbonyl (C=O) groups is 2.